The Hall–Kier alpha value is -3.01. The minimum absolute atomic E-state index is 0.0917. The standard InChI is InChI=1S/C37H45F3O/c1-5-7-8-23-41-35-22-21-33(36(39)37(35)40)30-17-15-29(16-18-30)31-19-20-32(34(38)24-31)26(4)11-14-27(6-2)28-12-9-25(3)10-13-28/h5,7,15-22,24-28H,6,8-14,23H2,1-4H3/b7-5-. The van der Waals surface area contributed by atoms with E-state index in [9.17, 15) is 8.78 Å². The minimum atomic E-state index is -0.988. The lowest BCUT2D eigenvalue weighted by Crippen LogP contribution is -2.21. The fraction of sp³-hybridized carbons (Fsp3) is 0.459. The molecule has 4 rings (SSSR count). The van der Waals surface area contributed by atoms with Gasteiger partial charge in [-0.25, -0.2) is 8.78 Å². The van der Waals surface area contributed by atoms with E-state index in [4.69, 9.17) is 4.74 Å². The fourth-order valence-electron chi connectivity index (χ4n) is 6.37. The molecule has 1 aliphatic rings. The lowest BCUT2D eigenvalue weighted by molar-refractivity contribution is 0.194. The van der Waals surface area contributed by atoms with Gasteiger partial charge in [-0.05, 0) is 103 Å². The third kappa shape index (κ3) is 7.84. The van der Waals surface area contributed by atoms with Gasteiger partial charge in [0.25, 0.3) is 0 Å². The fourth-order valence-corrected chi connectivity index (χ4v) is 6.37. The third-order valence-corrected chi connectivity index (χ3v) is 9.11. The predicted octanol–water partition coefficient (Wildman–Crippen LogP) is 11.5. The lowest BCUT2D eigenvalue weighted by Gasteiger charge is -2.33. The average molecular weight is 563 g/mol. The predicted molar refractivity (Wildman–Crippen MR) is 165 cm³/mol. The highest BCUT2D eigenvalue weighted by Gasteiger charge is 2.25. The van der Waals surface area contributed by atoms with Gasteiger partial charge in [-0.15, -0.1) is 0 Å². The van der Waals surface area contributed by atoms with Crippen molar-refractivity contribution in [2.75, 3.05) is 6.61 Å². The van der Waals surface area contributed by atoms with Gasteiger partial charge in [0.2, 0.25) is 5.82 Å². The molecule has 2 unspecified atom stereocenters. The van der Waals surface area contributed by atoms with Crippen LogP contribution < -0.4 is 4.74 Å². The number of halogens is 3. The lowest BCUT2D eigenvalue weighted by atomic mass is 9.73. The summed E-state index contributed by atoms with van der Waals surface area (Å²) < 4.78 is 50.2. The van der Waals surface area contributed by atoms with Crippen molar-refractivity contribution in [3.8, 4) is 28.0 Å². The van der Waals surface area contributed by atoms with Crippen molar-refractivity contribution in [1.29, 1.82) is 0 Å². The second-order valence-corrected chi connectivity index (χ2v) is 11.9. The zero-order chi connectivity index (χ0) is 29.4. The number of rotatable bonds is 12. The molecule has 0 bridgehead atoms. The van der Waals surface area contributed by atoms with Crippen molar-refractivity contribution < 1.29 is 17.9 Å². The molecule has 2 atom stereocenters. The highest BCUT2D eigenvalue weighted by Crippen LogP contribution is 2.39. The van der Waals surface area contributed by atoms with Gasteiger partial charge in [0.15, 0.2) is 11.6 Å². The van der Waals surface area contributed by atoms with E-state index in [0.717, 1.165) is 47.3 Å². The smallest absolute Gasteiger partial charge is 0.201 e. The van der Waals surface area contributed by atoms with E-state index in [1.807, 2.05) is 43.3 Å². The maximum atomic E-state index is 15.3. The molecule has 41 heavy (non-hydrogen) atoms. The summed E-state index contributed by atoms with van der Waals surface area (Å²) in [5, 5.41) is 0. The maximum absolute atomic E-state index is 15.3. The second kappa shape index (κ2) is 14.8. The van der Waals surface area contributed by atoms with Crippen LogP contribution in [0.15, 0.2) is 66.7 Å². The van der Waals surface area contributed by atoms with E-state index >= 15 is 4.39 Å². The zero-order valence-corrected chi connectivity index (χ0v) is 25.1. The molecule has 0 spiro atoms. The summed E-state index contributed by atoms with van der Waals surface area (Å²) in [4.78, 5) is 0. The van der Waals surface area contributed by atoms with Crippen LogP contribution in [0, 0.1) is 35.2 Å². The van der Waals surface area contributed by atoms with Crippen molar-refractivity contribution in [3.05, 3.63) is 89.8 Å². The first-order chi connectivity index (χ1) is 19.8. The number of benzene rings is 3. The molecule has 1 aliphatic carbocycles. The average Bonchev–Trinajstić information content (AvgIpc) is 2.98. The van der Waals surface area contributed by atoms with Crippen LogP contribution in [0.3, 0.4) is 0 Å². The Labute approximate surface area is 244 Å². The number of hydrogen-bond donors (Lipinski definition) is 0. The Morgan fingerprint density at radius 2 is 1.54 bits per heavy atom. The van der Waals surface area contributed by atoms with Crippen LogP contribution in [0.2, 0.25) is 0 Å². The van der Waals surface area contributed by atoms with Crippen molar-refractivity contribution in [2.24, 2.45) is 17.8 Å². The quantitative estimate of drug-likeness (QED) is 0.158. The Balaban J connectivity index is 1.40. The highest BCUT2D eigenvalue weighted by molar-refractivity contribution is 5.71. The van der Waals surface area contributed by atoms with Crippen LogP contribution >= 0.6 is 0 Å². The van der Waals surface area contributed by atoms with Crippen LogP contribution in [0.5, 0.6) is 5.75 Å². The second-order valence-electron chi connectivity index (χ2n) is 11.9. The SMILES string of the molecule is C/C=C\CCOc1ccc(-c2ccc(-c3ccc(C(C)CCC(CC)C4CCC(C)CC4)c(F)c3)cc2)c(F)c1F. The van der Waals surface area contributed by atoms with E-state index in [2.05, 4.69) is 20.8 Å². The van der Waals surface area contributed by atoms with E-state index in [1.54, 1.807) is 18.2 Å². The Bertz CT molecular complexity index is 1290. The monoisotopic (exact) mass is 562 g/mol. The van der Waals surface area contributed by atoms with E-state index in [1.165, 1.54) is 44.2 Å². The van der Waals surface area contributed by atoms with Crippen molar-refractivity contribution in [3.63, 3.8) is 0 Å². The first-order valence-corrected chi connectivity index (χ1v) is 15.4. The van der Waals surface area contributed by atoms with E-state index in [0.29, 0.717) is 12.0 Å². The van der Waals surface area contributed by atoms with Gasteiger partial charge in [-0.1, -0.05) is 88.6 Å². The zero-order valence-electron chi connectivity index (χ0n) is 25.1. The van der Waals surface area contributed by atoms with Crippen LogP contribution in [0.4, 0.5) is 13.2 Å². The summed E-state index contributed by atoms with van der Waals surface area (Å²) in [6.45, 7) is 8.98. The molecule has 3 aromatic carbocycles. The molecule has 1 nitrogen and oxygen atoms in total. The van der Waals surface area contributed by atoms with E-state index < -0.39 is 11.6 Å². The molecule has 1 fully saturated rings. The van der Waals surface area contributed by atoms with Crippen LogP contribution in [-0.4, -0.2) is 6.61 Å². The van der Waals surface area contributed by atoms with E-state index in [-0.39, 0.29) is 29.7 Å². The largest absolute Gasteiger partial charge is 0.490 e. The Morgan fingerprint density at radius 1 is 0.854 bits per heavy atom. The van der Waals surface area contributed by atoms with Gasteiger partial charge in [-0.3, -0.25) is 0 Å². The third-order valence-electron chi connectivity index (χ3n) is 9.11. The van der Waals surface area contributed by atoms with Crippen LogP contribution in [-0.2, 0) is 0 Å². The minimum Gasteiger partial charge on any atom is -0.490 e. The Kier molecular flexibility index (Phi) is 11.1. The summed E-state index contributed by atoms with van der Waals surface area (Å²) in [5.74, 6) is 0.379. The van der Waals surface area contributed by atoms with Crippen LogP contribution in [0.25, 0.3) is 22.3 Å². The molecule has 0 N–H and O–H groups in total. The normalized spacial score (nSPS) is 18.9. The number of ether oxygens (including phenoxy) is 1. The molecular formula is C37H45F3O. The summed E-state index contributed by atoms with van der Waals surface area (Å²) in [7, 11) is 0. The molecule has 0 aromatic heterocycles. The molecule has 0 saturated heterocycles. The molecule has 0 aliphatic heterocycles. The Morgan fingerprint density at radius 3 is 2.20 bits per heavy atom. The molecule has 3 aromatic rings. The maximum Gasteiger partial charge on any atom is 0.201 e. The van der Waals surface area contributed by atoms with Gasteiger partial charge in [0.05, 0.1) is 6.61 Å². The molecule has 4 heteroatoms. The summed E-state index contributed by atoms with van der Waals surface area (Å²) in [5.41, 5.74) is 3.08. The number of allylic oxidation sites excluding steroid dienone is 1. The van der Waals surface area contributed by atoms with Gasteiger partial charge in [-0.2, -0.15) is 4.39 Å². The van der Waals surface area contributed by atoms with Gasteiger partial charge < -0.3 is 4.74 Å². The summed E-state index contributed by atoms with van der Waals surface area (Å²) >= 11 is 0. The molecule has 220 valence electrons. The first-order valence-electron chi connectivity index (χ1n) is 15.4. The highest BCUT2D eigenvalue weighted by atomic mass is 19.2. The molecule has 0 heterocycles. The van der Waals surface area contributed by atoms with Crippen molar-refractivity contribution in [2.45, 2.75) is 85.0 Å². The van der Waals surface area contributed by atoms with Crippen molar-refractivity contribution >= 4 is 0 Å². The molecule has 1 saturated carbocycles. The van der Waals surface area contributed by atoms with Crippen LogP contribution in [0.1, 0.15) is 90.5 Å². The van der Waals surface area contributed by atoms with Gasteiger partial charge in [0, 0.05) is 5.56 Å². The molecule has 0 radical (unpaired) electrons. The number of hydrogen-bond acceptors (Lipinski definition) is 1. The molecular weight excluding hydrogens is 517 g/mol. The van der Waals surface area contributed by atoms with Crippen molar-refractivity contribution in [1.82, 2.24) is 0 Å². The van der Waals surface area contributed by atoms with Gasteiger partial charge in [0.1, 0.15) is 5.82 Å². The molecule has 0 amide bonds. The summed E-state index contributed by atoms with van der Waals surface area (Å²) in [6, 6.07) is 15.6. The topological polar surface area (TPSA) is 9.23 Å². The summed E-state index contributed by atoms with van der Waals surface area (Å²) in [6.07, 6.45) is 13.1. The van der Waals surface area contributed by atoms with Gasteiger partial charge >= 0.3 is 0 Å². The first kappa shape index (κ1) is 30.9.